The molecule has 2 aliphatic heterocycles. The third-order valence-electron chi connectivity index (χ3n) is 6.36. The number of likely N-dealkylation sites (tertiary alicyclic amines) is 1. The highest BCUT2D eigenvalue weighted by Gasteiger charge is 2.38. The van der Waals surface area contributed by atoms with Crippen LogP contribution in [0.25, 0.3) is 21.7 Å². The molecule has 0 radical (unpaired) electrons. The number of ether oxygens (including phenoxy) is 1. The number of aromatic nitrogens is 2. The van der Waals surface area contributed by atoms with Gasteiger partial charge in [0.05, 0.1) is 47.5 Å². The molecule has 15 heteroatoms. The van der Waals surface area contributed by atoms with Crippen LogP contribution in [-0.4, -0.2) is 71.2 Å². The molecule has 2 aromatic heterocycles. The number of urea groups is 1. The Kier molecular flexibility index (Phi) is 9.50. The number of halogens is 5. The van der Waals surface area contributed by atoms with Crippen molar-refractivity contribution >= 4 is 28.3 Å². The number of carbonyl (C=O) groups is 2. The highest BCUT2D eigenvalue weighted by Crippen LogP contribution is 2.40. The molecule has 1 aromatic carbocycles. The summed E-state index contributed by atoms with van der Waals surface area (Å²) in [6, 6.07) is 11.8. The van der Waals surface area contributed by atoms with E-state index in [1.807, 2.05) is 0 Å². The summed E-state index contributed by atoms with van der Waals surface area (Å²) in [6.45, 7) is 4.50. The van der Waals surface area contributed by atoms with Crippen molar-refractivity contribution in [2.24, 2.45) is 0 Å². The number of nitrogens with zero attached hydrogens (tertiary/aromatic N) is 4. The van der Waals surface area contributed by atoms with Crippen LogP contribution in [0.4, 0.5) is 31.9 Å². The number of rotatable bonds is 4. The summed E-state index contributed by atoms with van der Waals surface area (Å²) in [7, 11) is 0. The molecule has 2 unspecified atom stereocenters. The first-order valence-electron chi connectivity index (χ1n) is 12.6. The van der Waals surface area contributed by atoms with E-state index in [-0.39, 0.29) is 23.9 Å². The number of hydrogen-bond acceptors (Lipinski definition) is 8. The van der Waals surface area contributed by atoms with E-state index in [0.717, 1.165) is 6.54 Å². The molecule has 2 aliphatic rings. The van der Waals surface area contributed by atoms with Crippen LogP contribution in [0.3, 0.4) is 0 Å². The van der Waals surface area contributed by atoms with E-state index in [2.05, 4.69) is 26.7 Å². The molecule has 42 heavy (non-hydrogen) atoms. The Balaban J connectivity index is 0.000000517. The Morgan fingerprint density at radius 1 is 1.19 bits per heavy atom. The first-order valence-corrected chi connectivity index (χ1v) is 13.4. The number of anilines is 1. The second-order valence-electron chi connectivity index (χ2n) is 9.47. The second-order valence-corrected chi connectivity index (χ2v) is 10.5. The largest absolute Gasteiger partial charge is 0.449 e. The zero-order chi connectivity index (χ0) is 30.6. The summed E-state index contributed by atoms with van der Waals surface area (Å²) < 4.78 is 65.1. The number of fused-ring (bicyclic) bond motifs is 1. The maximum Gasteiger partial charge on any atom is 0.449 e. The van der Waals surface area contributed by atoms with Gasteiger partial charge in [-0.3, -0.25) is 15.1 Å². The first kappa shape index (κ1) is 30.9. The van der Waals surface area contributed by atoms with E-state index in [4.69, 9.17) is 4.74 Å². The molecule has 222 valence electrons. The molecule has 0 spiro atoms. The number of pyridine rings is 1. The monoisotopic (exact) mass is 608 g/mol. The van der Waals surface area contributed by atoms with Gasteiger partial charge in [0.1, 0.15) is 5.69 Å². The van der Waals surface area contributed by atoms with Crippen LogP contribution in [-0.2, 0) is 9.53 Å². The molecule has 0 saturated carbocycles. The number of nitrogens with one attached hydrogen (secondary N) is 2. The van der Waals surface area contributed by atoms with Gasteiger partial charge in [-0.1, -0.05) is 23.5 Å². The molecule has 4 heterocycles. The number of hydrogen-bond donors (Lipinski definition) is 2. The van der Waals surface area contributed by atoms with Crippen molar-refractivity contribution < 1.29 is 36.3 Å². The van der Waals surface area contributed by atoms with Crippen molar-refractivity contribution in [3.8, 4) is 27.8 Å². The van der Waals surface area contributed by atoms with Crippen LogP contribution in [0.5, 0.6) is 0 Å². The van der Waals surface area contributed by atoms with Crippen LogP contribution in [0.1, 0.15) is 30.3 Å². The van der Waals surface area contributed by atoms with Crippen LogP contribution >= 0.6 is 11.3 Å². The summed E-state index contributed by atoms with van der Waals surface area (Å²) in [4.78, 5) is 33.2. The van der Waals surface area contributed by atoms with E-state index < -0.39 is 18.4 Å². The number of benzene rings is 1. The topological polar surface area (TPSA) is 120 Å². The van der Waals surface area contributed by atoms with E-state index in [1.54, 1.807) is 42.2 Å². The van der Waals surface area contributed by atoms with Crippen molar-refractivity contribution in [1.29, 1.82) is 5.26 Å². The van der Waals surface area contributed by atoms with Crippen LogP contribution in [0, 0.1) is 18.3 Å². The van der Waals surface area contributed by atoms with E-state index in [0.29, 0.717) is 64.7 Å². The number of amides is 2. The smallest absolute Gasteiger partial charge is 0.373 e. The van der Waals surface area contributed by atoms with Crippen molar-refractivity contribution in [1.82, 2.24) is 20.2 Å². The lowest BCUT2D eigenvalue weighted by molar-refractivity contribution is -0.168. The van der Waals surface area contributed by atoms with Crippen LogP contribution in [0.2, 0.25) is 0 Å². The Hall–Kier alpha value is -4.00. The molecule has 2 atom stereocenters. The zero-order valence-corrected chi connectivity index (χ0v) is 23.2. The lowest BCUT2D eigenvalue weighted by Crippen LogP contribution is -2.47. The molecule has 3 aromatic rings. The van der Waals surface area contributed by atoms with Gasteiger partial charge >= 0.3 is 12.2 Å². The van der Waals surface area contributed by atoms with E-state index >= 15 is 0 Å². The molecule has 2 N–H and O–H groups in total. The standard InChI is InChI=1S/C24H22F2N6O2S.C3H3F3O/c1-13-7-16(9-17(29-13)22(25)26)21-20(15-4-2-3-14(8-15)10-27)30-23(35-21)31-24(33)32-11-18-19(12-32)34-6-5-28-18;1-2(7)3(4,5)6/h2-4,7-9,18-19,22,28H,5-6,11-12H2,1H3,(H,30,31,33);1H3. The number of alkyl halides is 5. The Morgan fingerprint density at radius 2 is 1.93 bits per heavy atom. The fraction of sp³-hybridized carbons (Fsp3) is 0.370. The maximum atomic E-state index is 13.5. The summed E-state index contributed by atoms with van der Waals surface area (Å²) >= 11 is 1.19. The van der Waals surface area contributed by atoms with Crippen molar-refractivity contribution in [3.63, 3.8) is 0 Å². The van der Waals surface area contributed by atoms with E-state index in [1.165, 1.54) is 17.4 Å². The minimum Gasteiger partial charge on any atom is -0.373 e. The SMILES string of the molecule is CC(=O)C(F)(F)F.Cc1cc(-c2sc(NC(=O)N3CC4NCCOC4C3)nc2-c2cccc(C#N)c2)cc(C(F)F)n1. The zero-order valence-electron chi connectivity index (χ0n) is 22.3. The predicted octanol–water partition coefficient (Wildman–Crippen LogP) is 5.33. The molecule has 0 aliphatic carbocycles. The van der Waals surface area contributed by atoms with Crippen molar-refractivity contribution in [2.75, 3.05) is 31.6 Å². The molecule has 2 fully saturated rings. The summed E-state index contributed by atoms with van der Waals surface area (Å²) in [5, 5.41) is 15.9. The number of morpholine rings is 1. The van der Waals surface area contributed by atoms with Crippen molar-refractivity contribution in [3.05, 3.63) is 53.3 Å². The van der Waals surface area contributed by atoms with Gasteiger partial charge in [-0.25, -0.2) is 18.6 Å². The number of thiazole rings is 1. The lowest BCUT2D eigenvalue weighted by atomic mass is 10.0. The minimum absolute atomic E-state index is 0.0433. The van der Waals surface area contributed by atoms with Gasteiger partial charge in [0.25, 0.3) is 6.43 Å². The van der Waals surface area contributed by atoms with Crippen LogP contribution < -0.4 is 10.6 Å². The van der Waals surface area contributed by atoms with E-state index in [9.17, 15) is 36.8 Å². The van der Waals surface area contributed by atoms with Gasteiger partial charge < -0.3 is 15.0 Å². The maximum absolute atomic E-state index is 13.5. The Morgan fingerprint density at radius 3 is 2.57 bits per heavy atom. The highest BCUT2D eigenvalue weighted by atomic mass is 32.1. The number of aryl methyl sites for hydroxylation is 1. The number of nitriles is 1. The number of carbonyl (C=O) groups excluding carboxylic acids is 2. The normalized spacial score (nSPS) is 18.1. The third kappa shape index (κ3) is 7.44. The summed E-state index contributed by atoms with van der Waals surface area (Å²) in [5.74, 6) is -1.76. The molecule has 9 nitrogen and oxygen atoms in total. The average molecular weight is 609 g/mol. The average Bonchev–Trinajstić information content (AvgIpc) is 3.57. The van der Waals surface area contributed by atoms with Gasteiger partial charge in [0.15, 0.2) is 5.13 Å². The quantitative estimate of drug-likeness (QED) is 0.384. The van der Waals surface area contributed by atoms with Gasteiger partial charge in [-0.2, -0.15) is 18.4 Å². The predicted molar refractivity (Wildman–Crippen MR) is 144 cm³/mol. The Bertz CT molecular complexity index is 1490. The highest BCUT2D eigenvalue weighted by molar-refractivity contribution is 7.19. The van der Waals surface area contributed by atoms with Crippen molar-refractivity contribution in [2.45, 2.75) is 38.6 Å². The molecular formula is C27H25F5N6O3S. The lowest BCUT2D eigenvalue weighted by Gasteiger charge is -2.25. The fourth-order valence-corrected chi connectivity index (χ4v) is 5.33. The number of ketones is 1. The molecular weight excluding hydrogens is 583 g/mol. The van der Waals surface area contributed by atoms with Gasteiger partial charge in [0, 0.05) is 31.3 Å². The van der Waals surface area contributed by atoms with Gasteiger partial charge in [0.2, 0.25) is 5.78 Å². The Labute approximate surface area is 241 Å². The molecule has 5 rings (SSSR count). The molecule has 2 saturated heterocycles. The summed E-state index contributed by atoms with van der Waals surface area (Å²) in [5.41, 5.74) is 2.22. The van der Waals surface area contributed by atoms with Gasteiger partial charge in [-0.05, 0) is 36.8 Å². The van der Waals surface area contributed by atoms with Gasteiger partial charge in [-0.15, -0.1) is 0 Å². The fourth-order valence-electron chi connectivity index (χ4n) is 4.37. The molecule has 0 bridgehead atoms. The minimum atomic E-state index is -4.64. The van der Waals surface area contributed by atoms with Crippen LogP contribution in [0.15, 0.2) is 36.4 Å². The second kappa shape index (κ2) is 12.9. The first-order chi connectivity index (χ1) is 19.8. The summed E-state index contributed by atoms with van der Waals surface area (Å²) in [6.07, 6.45) is -7.40. The third-order valence-corrected chi connectivity index (χ3v) is 7.38. The molecule has 2 amide bonds. The number of Topliss-reactive ketones (excluding diaryl/α,β-unsaturated/α-hetero) is 1.